The van der Waals surface area contributed by atoms with Crippen molar-refractivity contribution < 1.29 is 19.2 Å². The molecule has 160 valence electrons. The lowest BCUT2D eigenvalue weighted by molar-refractivity contribution is -0.155. The van der Waals surface area contributed by atoms with E-state index in [9.17, 15) is 9.59 Å². The van der Waals surface area contributed by atoms with Crippen LogP contribution < -0.4 is 0 Å². The van der Waals surface area contributed by atoms with Gasteiger partial charge in [0, 0.05) is 15.8 Å². The highest BCUT2D eigenvalue weighted by Crippen LogP contribution is 2.43. The topological polar surface area (TPSA) is 68.2 Å². The predicted molar refractivity (Wildman–Crippen MR) is 122 cm³/mol. The number of hydrogen-bond acceptors (Lipinski definition) is 6. The van der Waals surface area contributed by atoms with Crippen LogP contribution in [0.4, 0.5) is 0 Å². The maximum Gasteiger partial charge on any atom is 0.355 e. The Bertz CT molecular complexity index is 962. The summed E-state index contributed by atoms with van der Waals surface area (Å²) in [6, 6.07) is 7.76. The summed E-state index contributed by atoms with van der Waals surface area (Å²) in [5, 5.41) is 3.90. The normalized spacial score (nSPS) is 20.8. The van der Waals surface area contributed by atoms with Crippen molar-refractivity contribution in [2.75, 3.05) is 5.75 Å². The Labute approximate surface area is 189 Å². The van der Waals surface area contributed by atoms with Gasteiger partial charge in [0.05, 0.1) is 11.3 Å². The molecule has 0 aromatic heterocycles. The second-order valence-electron chi connectivity index (χ2n) is 8.17. The second kappa shape index (κ2) is 8.98. The Hall–Kier alpha value is -2.06. The minimum Gasteiger partial charge on any atom is -0.455 e. The van der Waals surface area contributed by atoms with E-state index >= 15 is 0 Å². The van der Waals surface area contributed by atoms with Crippen molar-refractivity contribution in [3.63, 3.8) is 0 Å². The number of thioether (sulfide) groups is 1. The summed E-state index contributed by atoms with van der Waals surface area (Å²) in [6.07, 6.45) is 1.73. The SMILES string of the molecule is CC1=C(C(=O)OC(C)(C)C)N2C(=O)/C(=C/C(C)=N/OCc3ccccc3Br)C2SC1. The number of nitrogens with zero attached hydrogens (tertiary/aromatic N) is 2. The second-order valence-corrected chi connectivity index (χ2v) is 10.1. The molecule has 1 amide bonds. The molecule has 8 heteroatoms. The van der Waals surface area contributed by atoms with Gasteiger partial charge in [-0.05, 0) is 52.3 Å². The molecule has 2 aliphatic heterocycles. The van der Waals surface area contributed by atoms with Crippen molar-refractivity contribution in [2.24, 2.45) is 5.16 Å². The summed E-state index contributed by atoms with van der Waals surface area (Å²) in [7, 11) is 0. The van der Waals surface area contributed by atoms with Crippen LogP contribution >= 0.6 is 27.7 Å². The number of allylic oxidation sites excluding steroid dienone is 1. The summed E-state index contributed by atoms with van der Waals surface area (Å²) in [6.45, 7) is 9.41. The van der Waals surface area contributed by atoms with Gasteiger partial charge < -0.3 is 9.57 Å². The van der Waals surface area contributed by atoms with Gasteiger partial charge in [-0.15, -0.1) is 11.8 Å². The first-order chi connectivity index (χ1) is 14.1. The number of ether oxygens (including phenoxy) is 1. The number of rotatable bonds is 5. The summed E-state index contributed by atoms with van der Waals surface area (Å²) >= 11 is 5.08. The molecule has 3 rings (SSSR count). The Morgan fingerprint density at radius 3 is 2.73 bits per heavy atom. The molecule has 1 fully saturated rings. The molecule has 1 saturated heterocycles. The van der Waals surface area contributed by atoms with Gasteiger partial charge in [0.15, 0.2) is 0 Å². The predicted octanol–water partition coefficient (Wildman–Crippen LogP) is 4.80. The lowest BCUT2D eigenvalue weighted by atomic mass is 10.0. The van der Waals surface area contributed by atoms with Gasteiger partial charge in [0.25, 0.3) is 5.91 Å². The molecule has 2 aliphatic rings. The first-order valence-corrected chi connectivity index (χ1v) is 11.4. The van der Waals surface area contributed by atoms with Crippen molar-refractivity contribution in [1.82, 2.24) is 4.90 Å². The fraction of sp³-hybridized carbons (Fsp3) is 0.409. The van der Waals surface area contributed by atoms with E-state index in [1.54, 1.807) is 24.8 Å². The quantitative estimate of drug-likeness (QED) is 0.194. The maximum atomic E-state index is 12.8. The Morgan fingerprint density at radius 2 is 2.07 bits per heavy atom. The minimum absolute atomic E-state index is 0.201. The van der Waals surface area contributed by atoms with Gasteiger partial charge in [0.1, 0.15) is 23.3 Å². The minimum atomic E-state index is -0.620. The molecule has 0 saturated carbocycles. The standard InChI is InChI=1S/C22H25BrN2O4S/c1-13-12-30-20-16(19(26)25(20)18(13)21(27)29-22(3,4)5)10-14(2)24-28-11-15-8-6-7-9-17(15)23/h6-10,20H,11-12H2,1-5H3/b16-10-,24-14+. The molecule has 1 unspecified atom stereocenters. The van der Waals surface area contributed by atoms with Crippen LogP contribution in [0.25, 0.3) is 0 Å². The molecule has 1 aromatic carbocycles. The molecule has 0 N–H and O–H groups in total. The van der Waals surface area contributed by atoms with Crippen LogP contribution in [0.1, 0.15) is 40.2 Å². The molecule has 0 bridgehead atoms. The van der Waals surface area contributed by atoms with Gasteiger partial charge in [-0.2, -0.15) is 0 Å². The van der Waals surface area contributed by atoms with Gasteiger partial charge in [0.2, 0.25) is 0 Å². The summed E-state index contributed by atoms with van der Waals surface area (Å²) < 4.78 is 6.46. The number of β-lactam (4-membered cyclic amide) rings is 1. The third-order valence-corrected chi connectivity index (χ3v) is 6.57. The van der Waals surface area contributed by atoms with E-state index in [-0.39, 0.29) is 11.3 Å². The van der Waals surface area contributed by atoms with Crippen molar-refractivity contribution in [1.29, 1.82) is 0 Å². The van der Waals surface area contributed by atoms with Crippen molar-refractivity contribution in [3.05, 3.63) is 57.2 Å². The van der Waals surface area contributed by atoms with Crippen LogP contribution in [0, 0.1) is 0 Å². The number of oxime groups is 1. The number of hydrogen-bond donors (Lipinski definition) is 0. The zero-order valence-corrected chi connectivity index (χ0v) is 20.1. The Morgan fingerprint density at radius 1 is 1.37 bits per heavy atom. The summed E-state index contributed by atoms with van der Waals surface area (Å²) in [5.41, 5.74) is 2.77. The third-order valence-electron chi connectivity index (χ3n) is 4.41. The van der Waals surface area contributed by atoms with Gasteiger partial charge in [-0.3, -0.25) is 9.69 Å². The highest BCUT2D eigenvalue weighted by molar-refractivity contribution is 9.10. The first-order valence-electron chi connectivity index (χ1n) is 9.58. The molecule has 1 aromatic rings. The van der Waals surface area contributed by atoms with E-state index < -0.39 is 11.6 Å². The zero-order chi connectivity index (χ0) is 22.1. The van der Waals surface area contributed by atoms with E-state index in [4.69, 9.17) is 9.57 Å². The zero-order valence-electron chi connectivity index (χ0n) is 17.7. The molecule has 30 heavy (non-hydrogen) atoms. The smallest absolute Gasteiger partial charge is 0.355 e. The highest BCUT2D eigenvalue weighted by Gasteiger charge is 2.49. The van der Waals surface area contributed by atoms with Crippen molar-refractivity contribution >= 4 is 45.3 Å². The van der Waals surface area contributed by atoms with Gasteiger partial charge in [-0.1, -0.05) is 39.3 Å². The van der Waals surface area contributed by atoms with E-state index in [0.717, 1.165) is 15.6 Å². The number of halogens is 1. The molecule has 0 radical (unpaired) electrons. The molecule has 0 aliphatic carbocycles. The van der Waals surface area contributed by atoms with Crippen LogP contribution in [0.2, 0.25) is 0 Å². The van der Waals surface area contributed by atoms with Crippen LogP contribution in [0.5, 0.6) is 0 Å². The summed E-state index contributed by atoms with van der Waals surface area (Å²) in [4.78, 5) is 32.4. The number of carbonyl (C=O) groups excluding carboxylic acids is 2. The van der Waals surface area contributed by atoms with Crippen LogP contribution in [-0.4, -0.2) is 39.2 Å². The van der Waals surface area contributed by atoms with E-state index in [1.165, 1.54) is 4.90 Å². The van der Waals surface area contributed by atoms with Crippen molar-refractivity contribution in [2.45, 2.75) is 52.2 Å². The first kappa shape index (κ1) is 22.6. The molecular formula is C22H25BrN2O4S. The number of amides is 1. The number of esters is 1. The molecule has 1 atom stereocenters. The summed E-state index contributed by atoms with van der Waals surface area (Å²) in [5.74, 6) is 0.00219. The third kappa shape index (κ3) is 4.98. The largest absolute Gasteiger partial charge is 0.455 e. The lowest BCUT2D eigenvalue weighted by Crippen LogP contribution is -2.56. The monoisotopic (exact) mass is 492 g/mol. The molecule has 0 spiro atoms. The number of carbonyl (C=O) groups is 2. The van der Waals surface area contributed by atoms with Crippen LogP contribution in [0.3, 0.4) is 0 Å². The van der Waals surface area contributed by atoms with E-state index in [0.29, 0.717) is 29.3 Å². The van der Waals surface area contributed by atoms with E-state index in [2.05, 4.69) is 21.1 Å². The highest BCUT2D eigenvalue weighted by atomic mass is 79.9. The molecule has 2 heterocycles. The average Bonchev–Trinajstić information content (AvgIpc) is 2.66. The lowest BCUT2D eigenvalue weighted by Gasteiger charge is -2.46. The fourth-order valence-corrected chi connectivity index (χ4v) is 4.73. The van der Waals surface area contributed by atoms with Crippen LogP contribution in [0.15, 0.2) is 56.8 Å². The van der Waals surface area contributed by atoms with Crippen LogP contribution in [-0.2, 0) is 25.8 Å². The average molecular weight is 493 g/mol. The van der Waals surface area contributed by atoms with E-state index in [1.807, 2.05) is 52.0 Å². The van der Waals surface area contributed by atoms with Gasteiger partial charge >= 0.3 is 5.97 Å². The maximum absolute atomic E-state index is 12.8. The fourth-order valence-electron chi connectivity index (χ4n) is 3.09. The molecular weight excluding hydrogens is 468 g/mol. The Balaban J connectivity index is 1.69. The molecule has 6 nitrogen and oxygen atoms in total. The number of benzene rings is 1. The number of fused-ring (bicyclic) bond motifs is 1. The Kier molecular flexibility index (Phi) is 6.77. The van der Waals surface area contributed by atoms with Crippen molar-refractivity contribution in [3.8, 4) is 0 Å². The van der Waals surface area contributed by atoms with Gasteiger partial charge in [-0.25, -0.2) is 4.79 Å².